The first kappa shape index (κ1) is 18.0. The average Bonchev–Trinajstić information content (AvgIpc) is 3.05. The van der Waals surface area contributed by atoms with E-state index in [0.717, 1.165) is 42.3 Å². The third-order valence-corrected chi connectivity index (χ3v) is 4.09. The van der Waals surface area contributed by atoms with E-state index in [9.17, 15) is 4.79 Å². The van der Waals surface area contributed by atoms with Gasteiger partial charge in [0.1, 0.15) is 5.82 Å². The number of anilines is 1. The van der Waals surface area contributed by atoms with Gasteiger partial charge < -0.3 is 15.2 Å². The van der Waals surface area contributed by atoms with Gasteiger partial charge in [0.05, 0.1) is 17.1 Å². The smallest absolute Gasteiger partial charge is 0.319 e. The van der Waals surface area contributed by atoms with Gasteiger partial charge in [0.15, 0.2) is 0 Å². The Morgan fingerprint density at radius 1 is 1.25 bits per heavy atom. The number of carbonyl (C=O) groups excluding carboxylic acids is 1. The lowest BCUT2D eigenvalue weighted by Gasteiger charge is -2.10. The standard InChI is InChI=1S/C17H28N6O/c1-12(2)23-14(4)16(13(3)21-23)20-17(24)19-8-6-7-10-22-11-9-18-15(22)5/h9,11-12H,6-8,10H2,1-5H3,(H2,19,20,24). The number of aryl methyl sites for hydroxylation is 3. The van der Waals surface area contributed by atoms with Crippen molar-refractivity contribution in [1.29, 1.82) is 0 Å². The molecule has 24 heavy (non-hydrogen) atoms. The SMILES string of the molecule is Cc1nn(C(C)C)c(C)c1NC(=O)NCCCCn1ccnc1C. The maximum Gasteiger partial charge on any atom is 0.319 e. The Balaban J connectivity index is 1.75. The van der Waals surface area contributed by atoms with Crippen LogP contribution in [0.2, 0.25) is 0 Å². The lowest BCUT2D eigenvalue weighted by molar-refractivity contribution is 0.252. The minimum atomic E-state index is -0.177. The van der Waals surface area contributed by atoms with Crippen LogP contribution in [0.4, 0.5) is 10.5 Å². The number of hydrogen-bond acceptors (Lipinski definition) is 3. The van der Waals surface area contributed by atoms with E-state index in [0.29, 0.717) is 6.54 Å². The molecule has 2 rings (SSSR count). The fraction of sp³-hybridized carbons (Fsp3) is 0.588. The van der Waals surface area contributed by atoms with E-state index in [4.69, 9.17) is 0 Å². The van der Waals surface area contributed by atoms with Crippen LogP contribution in [0, 0.1) is 20.8 Å². The molecule has 7 nitrogen and oxygen atoms in total. The van der Waals surface area contributed by atoms with Crippen molar-refractivity contribution in [2.24, 2.45) is 0 Å². The van der Waals surface area contributed by atoms with Crippen molar-refractivity contribution < 1.29 is 4.79 Å². The van der Waals surface area contributed by atoms with Gasteiger partial charge in [-0.2, -0.15) is 5.10 Å². The first-order chi connectivity index (χ1) is 11.4. The van der Waals surface area contributed by atoms with Crippen LogP contribution in [0.3, 0.4) is 0 Å². The number of nitrogens with one attached hydrogen (secondary N) is 2. The molecule has 7 heteroatoms. The number of imidazole rings is 1. The summed E-state index contributed by atoms with van der Waals surface area (Å²) in [5, 5.41) is 10.3. The van der Waals surface area contributed by atoms with Crippen LogP contribution in [0.5, 0.6) is 0 Å². The van der Waals surface area contributed by atoms with Crippen molar-refractivity contribution >= 4 is 11.7 Å². The third-order valence-electron chi connectivity index (χ3n) is 4.09. The first-order valence-corrected chi connectivity index (χ1v) is 8.48. The van der Waals surface area contributed by atoms with E-state index in [1.54, 1.807) is 0 Å². The molecule has 2 N–H and O–H groups in total. The second-order valence-corrected chi connectivity index (χ2v) is 6.34. The Bertz CT molecular complexity index is 685. The molecular formula is C17H28N6O. The minimum absolute atomic E-state index is 0.177. The zero-order valence-corrected chi connectivity index (χ0v) is 15.3. The summed E-state index contributed by atoms with van der Waals surface area (Å²) in [5.74, 6) is 1.02. The zero-order valence-electron chi connectivity index (χ0n) is 15.3. The molecule has 0 aliphatic heterocycles. The fourth-order valence-electron chi connectivity index (χ4n) is 2.75. The highest BCUT2D eigenvalue weighted by Gasteiger charge is 2.15. The maximum atomic E-state index is 12.1. The highest BCUT2D eigenvalue weighted by atomic mass is 16.2. The van der Waals surface area contributed by atoms with E-state index in [2.05, 4.69) is 39.1 Å². The van der Waals surface area contributed by atoms with Crippen LogP contribution in [-0.2, 0) is 6.54 Å². The van der Waals surface area contributed by atoms with Crippen LogP contribution in [0.15, 0.2) is 12.4 Å². The molecule has 0 aromatic carbocycles. The Hall–Kier alpha value is -2.31. The number of rotatable bonds is 7. The molecule has 132 valence electrons. The van der Waals surface area contributed by atoms with Gasteiger partial charge in [-0.1, -0.05) is 0 Å². The molecule has 0 bridgehead atoms. The van der Waals surface area contributed by atoms with Gasteiger partial charge in [0.2, 0.25) is 0 Å². The molecule has 2 amide bonds. The molecule has 2 heterocycles. The lowest BCUT2D eigenvalue weighted by Crippen LogP contribution is -2.30. The zero-order chi connectivity index (χ0) is 17.7. The molecule has 0 unspecified atom stereocenters. The Kier molecular flexibility index (Phi) is 6.00. The molecule has 0 fully saturated rings. The van der Waals surface area contributed by atoms with E-state index in [1.807, 2.05) is 37.8 Å². The third kappa shape index (κ3) is 4.37. The molecule has 0 radical (unpaired) electrons. The predicted molar refractivity (Wildman–Crippen MR) is 95.3 cm³/mol. The van der Waals surface area contributed by atoms with E-state index >= 15 is 0 Å². The van der Waals surface area contributed by atoms with Crippen LogP contribution in [-0.4, -0.2) is 31.9 Å². The molecule has 0 saturated carbocycles. The summed E-state index contributed by atoms with van der Waals surface area (Å²) in [7, 11) is 0. The van der Waals surface area contributed by atoms with Crippen LogP contribution < -0.4 is 10.6 Å². The molecule has 0 atom stereocenters. The quantitative estimate of drug-likeness (QED) is 0.765. The van der Waals surface area contributed by atoms with Crippen molar-refractivity contribution in [1.82, 2.24) is 24.6 Å². The van der Waals surface area contributed by atoms with Gasteiger partial charge in [-0.05, 0) is 47.5 Å². The van der Waals surface area contributed by atoms with Gasteiger partial charge in [0, 0.05) is 31.5 Å². The summed E-state index contributed by atoms with van der Waals surface area (Å²) < 4.78 is 4.05. The Labute approximate surface area is 143 Å². The number of nitrogens with zero attached hydrogens (tertiary/aromatic N) is 4. The van der Waals surface area contributed by atoms with Crippen LogP contribution in [0.25, 0.3) is 0 Å². The summed E-state index contributed by atoms with van der Waals surface area (Å²) in [6.07, 6.45) is 5.71. The number of carbonyl (C=O) groups is 1. The minimum Gasteiger partial charge on any atom is -0.338 e. The molecule has 2 aromatic heterocycles. The van der Waals surface area contributed by atoms with E-state index < -0.39 is 0 Å². The predicted octanol–water partition coefficient (Wildman–Crippen LogP) is 3.19. The van der Waals surface area contributed by atoms with E-state index in [-0.39, 0.29) is 12.1 Å². The Morgan fingerprint density at radius 3 is 2.58 bits per heavy atom. The van der Waals surface area contributed by atoms with Crippen molar-refractivity contribution in [3.05, 3.63) is 29.6 Å². The van der Waals surface area contributed by atoms with Crippen molar-refractivity contribution in [2.75, 3.05) is 11.9 Å². The Morgan fingerprint density at radius 2 is 2.00 bits per heavy atom. The van der Waals surface area contributed by atoms with Crippen LogP contribution >= 0.6 is 0 Å². The van der Waals surface area contributed by atoms with Gasteiger partial charge in [-0.25, -0.2) is 9.78 Å². The normalized spacial score (nSPS) is 11.1. The van der Waals surface area contributed by atoms with Crippen molar-refractivity contribution in [3.63, 3.8) is 0 Å². The topological polar surface area (TPSA) is 76.8 Å². The lowest BCUT2D eigenvalue weighted by atomic mass is 10.3. The van der Waals surface area contributed by atoms with Gasteiger partial charge >= 0.3 is 6.03 Å². The number of hydrogen-bond donors (Lipinski definition) is 2. The summed E-state index contributed by atoms with van der Waals surface area (Å²) in [6, 6.07) is 0.0947. The number of aromatic nitrogens is 4. The van der Waals surface area contributed by atoms with Gasteiger partial charge in [-0.3, -0.25) is 4.68 Å². The summed E-state index contributed by atoms with van der Waals surface area (Å²) in [5.41, 5.74) is 2.62. The van der Waals surface area contributed by atoms with Crippen LogP contribution in [0.1, 0.15) is 49.9 Å². The molecule has 0 spiro atoms. The second-order valence-electron chi connectivity index (χ2n) is 6.34. The highest BCUT2D eigenvalue weighted by molar-refractivity contribution is 5.90. The van der Waals surface area contributed by atoms with Crippen molar-refractivity contribution in [3.8, 4) is 0 Å². The second kappa shape index (κ2) is 7.99. The summed E-state index contributed by atoms with van der Waals surface area (Å²) in [6.45, 7) is 11.6. The molecule has 0 aliphatic carbocycles. The number of amides is 2. The first-order valence-electron chi connectivity index (χ1n) is 8.48. The van der Waals surface area contributed by atoms with Crippen molar-refractivity contribution in [2.45, 2.75) is 60.0 Å². The largest absolute Gasteiger partial charge is 0.338 e. The molecule has 2 aromatic rings. The fourth-order valence-corrected chi connectivity index (χ4v) is 2.75. The monoisotopic (exact) mass is 332 g/mol. The summed E-state index contributed by atoms with van der Waals surface area (Å²) in [4.78, 5) is 16.3. The maximum absolute atomic E-state index is 12.1. The van der Waals surface area contributed by atoms with Gasteiger partial charge in [0.25, 0.3) is 0 Å². The molecular weight excluding hydrogens is 304 g/mol. The number of unbranched alkanes of at least 4 members (excludes halogenated alkanes) is 1. The number of urea groups is 1. The average molecular weight is 332 g/mol. The van der Waals surface area contributed by atoms with E-state index in [1.165, 1.54) is 0 Å². The summed E-state index contributed by atoms with van der Waals surface area (Å²) >= 11 is 0. The molecule has 0 saturated heterocycles. The van der Waals surface area contributed by atoms with Gasteiger partial charge in [-0.15, -0.1) is 0 Å². The highest BCUT2D eigenvalue weighted by Crippen LogP contribution is 2.22. The molecule has 0 aliphatic rings.